The van der Waals surface area contributed by atoms with E-state index in [0.717, 1.165) is 0 Å². The summed E-state index contributed by atoms with van der Waals surface area (Å²) in [6.07, 6.45) is -3.21. The van der Waals surface area contributed by atoms with Crippen molar-refractivity contribution >= 4 is 6.29 Å². The third-order valence-corrected chi connectivity index (χ3v) is 0.103. The maximum atomic E-state index is 10.4. The molecule has 0 aliphatic rings. The Kier molecular flexibility index (Phi) is 10.5. The Morgan fingerprint density at radius 2 is 1.83 bits per heavy atom. The van der Waals surface area contributed by atoms with Crippen LogP contribution in [0.1, 0.15) is 1.43 Å². The molecule has 0 amide bonds. The van der Waals surface area contributed by atoms with Crippen molar-refractivity contribution in [3.8, 4) is 0 Å². The van der Waals surface area contributed by atoms with Gasteiger partial charge in [0.25, 0.3) is 6.43 Å². The van der Waals surface area contributed by atoms with Crippen LogP contribution in [-0.2, 0) is 4.79 Å². The maximum absolute atomic E-state index is 10.4. The summed E-state index contributed by atoms with van der Waals surface area (Å²) >= 11 is 0. The van der Waals surface area contributed by atoms with E-state index in [4.69, 9.17) is 4.79 Å². The number of halogens is 2. The van der Waals surface area contributed by atoms with Gasteiger partial charge in [0.1, 0.15) is 0 Å². The van der Waals surface area contributed by atoms with Crippen LogP contribution in [0.25, 0.3) is 0 Å². The SMILES string of the molecule is O=CC(F)F.[H-].[K+]. The second-order valence-electron chi connectivity index (χ2n) is 0.471. The molecule has 0 N–H and O–H groups in total. The molecule has 0 radical (unpaired) electrons. The molecule has 0 fully saturated rings. The molecular weight excluding hydrogens is 117 g/mol. The number of alkyl halides is 2. The van der Waals surface area contributed by atoms with Gasteiger partial charge in [0.15, 0.2) is 6.29 Å². The predicted octanol–water partition coefficient (Wildman–Crippen LogP) is -2.43. The van der Waals surface area contributed by atoms with Crippen LogP contribution >= 0.6 is 0 Å². The zero-order valence-corrected chi connectivity index (χ0v) is 6.44. The maximum Gasteiger partial charge on any atom is 1.00 e. The summed E-state index contributed by atoms with van der Waals surface area (Å²) in [5.41, 5.74) is 0. The zero-order valence-electron chi connectivity index (χ0n) is 4.32. The Hall–Kier alpha value is 1.17. The molecule has 0 aliphatic heterocycles. The van der Waals surface area contributed by atoms with Gasteiger partial charge in [0.05, 0.1) is 0 Å². The summed E-state index contributed by atoms with van der Waals surface area (Å²) < 4.78 is 20.8. The average molecular weight is 120 g/mol. The quantitative estimate of drug-likeness (QED) is 0.278. The summed E-state index contributed by atoms with van der Waals surface area (Å²) in [5, 5.41) is 0. The Balaban J connectivity index is -0.0000000800. The van der Waals surface area contributed by atoms with Crippen molar-refractivity contribution in [1.29, 1.82) is 0 Å². The van der Waals surface area contributed by atoms with E-state index >= 15 is 0 Å². The fourth-order valence-electron chi connectivity index (χ4n) is 0. The van der Waals surface area contributed by atoms with Crippen LogP contribution in [0, 0.1) is 0 Å². The van der Waals surface area contributed by atoms with Gasteiger partial charge in [-0.05, 0) is 0 Å². The Morgan fingerprint density at radius 1 is 1.67 bits per heavy atom. The molecule has 0 unspecified atom stereocenters. The van der Waals surface area contributed by atoms with E-state index in [-0.39, 0.29) is 52.8 Å². The van der Waals surface area contributed by atoms with Crippen LogP contribution in [0.3, 0.4) is 0 Å². The number of hydrogen-bond donors (Lipinski definition) is 0. The summed E-state index contributed by atoms with van der Waals surface area (Å²) in [6.45, 7) is 0. The minimum atomic E-state index is -2.80. The minimum Gasteiger partial charge on any atom is -1.00 e. The standard InChI is InChI=1S/C2H2F2O.K.H/c3-2(4)1-5;;/h1-2H;;/q;+1;-1. The molecule has 0 aromatic carbocycles. The minimum absolute atomic E-state index is 0. The molecule has 0 rings (SSSR count). The first kappa shape index (κ1) is 10.2. The van der Waals surface area contributed by atoms with Gasteiger partial charge in [-0.25, -0.2) is 8.78 Å². The van der Waals surface area contributed by atoms with E-state index in [9.17, 15) is 8.78 Å². The van der Waals surface area contributed by atoms with E-state index in [1.54, 1.807) is 0 Å². The van der Waals surface area contributed by atoms with Gasteiger partial charge in [0, 0.05) is 0 Å². The molecule has 0 aromatic rings. The monoisotopic (exact) mass is 120 g/mol. The van der Waals surface area contributed by atoms with Gasteiger partial charge in [-0.2, -0.15) is 0 Å². The van der Waals surface area contributed by atoms with Crippen LogP contribution in [0.2, 0.25) is 0 Å². The van der Waals surface area contributed by atoms with E-state index in [1.165, 1.54) is 0 Å². The smallest absolute Gasteiger partial charge is 1.00 e. The van der Waals surface area contributed by atoms with Crippen molar-refractivity contribution in [2.45, 2.75) is 6.43 Å². The largest absolute Gasteiger partial charge is 1.00 e. The second-order valence-corrected chi connectivity index (χ2v) is 0.471. The summed E-state index contributed by atoms with van der Waals surface area (Å²) in [6, 6.07) is 0. The molecular formula is C2H3F2KO. The van der Waals surface area contributed by atoms with Gasteiger partial charge < -0.3 is 1.43 Å². The third kappa shape index (κ3) is 8.94. The van der Waals surface area contributed by atoms with Crippen LogP contribution in [0.15, 0.2) is 0 Å². The van der Waals surface area contributed by atoms with E-state index in [1.807, 2.05) is 0 Å². The molecule has 0 heterocycles. The normalized spacial score (nSPS) is 7.17. The molecule has 0 atom stereocenters. The fourth-order valence-corrected chi connectivity index (χ4v) is 0. The van der Waals surface area contributed by atoms with Crippen LogP contribution in [0.4, 0.5) is 8.78 Å². The summed E-state index contributed by atoms with van der Waals surface area (Å²) in [4.78, 5) is 8.75. The molecule has 6 heavy (non-hydrogen) atoms. The van der Waals surface area contributed by atoms with E-state index in [2.05, 4.69) is 0 Å². The fraction of sp³-hybridized carbons (Fsp3) is 0.500. The van der Waals surface area contributed by atoms with Gasteiger partial charge in [0.2, 0.25) is 0 Å². The molecule has 0 spiro atoms. The van der Waals surface area contributed by atoms with Gasteiger partial charge >= 0.3 is 51.4 Å². The van der Waals surface area contributed by atoms with E-state index < -0.39 is 12.7 Å². The van der Waals surface area contributed by atoms with Crippen molar-refractivity contribution < 1.29 is 66.4 Å². The summed E-state index contributed by atoms with van der Waals surface area (Å²) in [5.74, 6) is 0. The van der Waals surface area contributed by atoms with Crippen LogP contribution in [-0.4, -0.2) is 12.7 Å². The van der Waals surface area contributed by atoms with Gasteiger partial charge in [-0.15, -0.1) is 0 Å². The Labute approximate surface area is 78.0 Å². The molecule has 0 saturated heterocycles. The second kappa shape index (κ2) is 6.17. The van der Waals surface area contributed by atoms with Crippen molar-refractivity contribution in [1.82, 2.24) is 0 Å². The molecule has 4 heteroatoms. The number of hydrogen-bond acceptors (Lipinski definition) is 1. The molecule has 0 aromatic heterocycles. The third-order valence-electron chi connectivity index (χ3n) is 0.103. The van der Waals surface area contributed by atoms with Gasteiger partial charge in [-0.1, -0.05) is 0 Å². The van der Waals surface area contributed by atoms with Crippen LogP contribution in [0.5, 0.6) is 0 Å². The van der Waals surface area contributed by atoms with E-state index in [0.29, 0.717) is 0 Å². The predicted molar refractivity (Wildman–Crippen MR) is 13.2 cm³/mol. The molecule has 0 aliphatic carbocycles. The van der Waals surface area contributed by atoms with Crippen molar-refractivity contribution in [2.75, 3.05) is 0 Å². The Morgan fingerprint density at radius 3 is 1.83 bits per heavy atom. The molecule has 0 bridgehead atoms. The topological polar surface area (TPSA) is 17.1 Å². The van der Waals surface area contributed by atoms with Crippen molar-refractivity contribution in [3.05, 3.63) is 0 Å². The first-order valence-corrected chi connectivity index (χ1v) is 1.01. The molecule has 1 nitrogen and oxygen atoms in total. The number of aldehydes is 1. The zero-order chi connectivity index (χ0) is 4.28. The van der Waals surface area contributed by atoms with Crippen LogP contribution < -0.4 is 51.4 Å². The average Bonchev–Trinajstić information content (AvgIpc) is 1.38. The van der Waals surface area contributed by atoms with Crippen molar-refractivity contribution in [2.24, 2.45) is 0 Å². The van der Waals surface area contributed by atoms with Crippen molar-refractivity contribution in [3.63, 3.8) is 0 Å². The first-order valence-electron chi connectivity index (χ1n) is 1.01. The molecule has 0 saturated carbocycles. The number of carbonyl (C=O) groups is 1. The van der Waals surface area contributed by atoms with Gasteiger partial charge in [-0.3, -0.25) is 4.79 Å². The number of carbonyl (C=O) groups excluding carboxylic acids is 1. The summed E-state index contributed by atoms with van der Waals surface area (Å²) in [7, 11) is 0. The first-order chi connectivity index (χ1) is 2.27. The number of rotatable bonds is 1. The molecule has 32 valence electrons. The Bertz CT molecular complexity index is 42.7.